The number of amides is 1. The minimum atomic E-state index is -0.728. The molecule has 1 aromatic carbocycles. The van der Waals surface area contributed by atoms with Crippen LogP contribution in [-0.4, -0.2) is 37.3 Å². The van der Waals surface area contributed by atoms with E-state index >= 15 is 0 Å². The summed E-state index contributed by atoms with van der Waals surface area (Å²) in [5.41, 5.74) is 5.02. The molecule has 25 heavy (non-hydrogen) atoms. The molecule has 0 unspecified atom stereocenters. The minimum Gasteiger partial charge on any atom is -0.399 e. The number of nitrogens with two attached hydrogens (primary N) is 1. The fourth-order valence-corrected chi connectivity index (χ4v) is 3.26. The Kier molecular flexibility index (Phi) is 4.16. The molecule has 2 aliphatic heterocycles. The molecule has 2 heterocycles. The van der Waals surface area contributed by atoms with Crippen LogP contribution in [-0.2, 0) is 14.1 Å². The van der Waals surface area contributed by atoms with Gasteiger partial charge < -0.3 is 19.9 Å². The first-order valence-electron chi connectivity index (χ1n) is 8.65. The van der Waals surface area contributed by atoms with Crippen LogP contribution in [0.4, 0.5) is 10.1 Å². The summed E-state index contributed by atoms with van der Waals surface area (Å²) in [4.78, 5) is 13.6. The number of hydrogen-bond donors (Lipinski definition) is 1. The fraction of sp³-hybridized carbons (Fsp3) is 0.611. The summed E-state index contributed by atoms with van der Waals surface area (Å²) in [6, 6.07) is 5.02. The van der Waals surface area contributed by atoms with Crippen molar-refractivity contribution < 1.29 is 18.5 Å². The predicted molar refractivity (Wildman–Crippen MR) is 96.2 cm³/mol. The Hall–Kier alpha value is -1.60. The van der Waals surface area contributed by atoms with Crippen molar-refractivity contribution in [3.8, 4) is 0 Å². The standard InChI is InChI=1S/C18H26BFN2O3/c1-16(2)17(3,4)25-19(24-16)13-7-6-12(10-14(13)20)22-9-8-18(5,11-22)15(21)23/h6-7,10H,8-9,11H2,1-5H3,(H2,21,23)/t18-/m1/s1. The van der Waals surface area contributed by atoms with Gasteiger partial charge in [0.2, 0.25) is 5.91 Å². The van der Waals surface area contributed by atoms with Gasteiger partial charge in [0, 0.05) is 24.2 Å². The van der Waals surface area contributed by atoms with Gasteiger partial charge >= 0.3 is 7.12 Å². The van der Waals surface area contributed by atoms with Gasteiger partial charge in [-0.3, -0.25) is 4.79 Å². The van der Waals surface area contributed by atoms with Crippen LogP contribution >= 0.6 is 0 Å². The lowest BCUT2D eigenvalue weighted by Crippen LogP contribution is -2.41. The van der Waals surface area contributed by atoms with Gasteiger partial charge in [0.15, 0.2) is 0 Å². The molecular formula is C18H26BFN2O3. The number of carbonyl (C=O) groups excluding carboxylic acids is 1. The highest BCUT2D eigenvalue weighted by molar-refractivity contribution is 6.62. The topological polar surface area (TPSA) is 64.8 Å². The number of hydrogen-bond acceptors (Lipinski definition) is 4. The molecule has 0 radical (unpaired) electrons. The second-order valence-electron chi connectivity index (χ2n) is 8.39. The summed E-state index contributed by atoms with van der Waals surface area (Å²) in [5, 5.41) is 0. The molecule has 3 rings (SSSR count). The maximum absolute atomic E-state index is 14.7. The molecule has 2 fully saturated rings. The Morgan fingerprint density at radius 1 is 1.20 bits per heavy atom. The Labute approximate surface area is 148 Å². The van der Waals surface area contributed by atoms with Crippen LogP contribution in [0, 0.1) is 11.2 Å². The van der Waals surface area contributed by atoms with Crippen LogP contribution in [0.15, 0.2) is 18.2 Å². The van der Waals surface area contributed by atoms with Crippen LogP contribution in [0.5, 0.6) is 0 Å². The van der Waals surface area contributed by atoms with E-state index in [9.17, 15) is 9.18 Å². The predicted octanol–water partition coefficient (Wildman–Crippen LogP) is 1.83. The lowest BCUT2D eigenvalue weighted by atomic mass is 9.78. The van der Waals surface area contributed by atoms with Crippen LogP contribution < -0.4 is 16.1 Å². The van der Waals surface area contributed by atoms with Crippen molar-refractivity contribution in [3.63, 3.8) is 0 Å². The summed E-state index contributed by atoms with van der Waals surface area (Å²) in [6.45, 7) is 10.8. The number of anilines is 1. The van der Waals surface area contributed by atoms with Crippen molar-refractivity contribution in [2.75, 3.05) is 18.0 Å². The highest BCUT2D eigenvalue weighted by Gasteiger charge is 2.52. The van der Waals surface area contributed by atoms with Crippen molar-refractivity contribution >= 4 is 24.2 Å². The summed E-state index contributed by atoms with van der Waals surface area (Å²) in [5.74, 6) is -0.687. The Morgan fingerprint density at radius 3 is 2.28 bits per heavy atom. The highest BCUT2D eigenvalue weighted by atomic mass is 19.1. The van der Waals surface area contributed by atoms with Crippen molar-refractivity contribution in [2.45, 2.75) is 52.2 Å². The van der Waals surface area contributed by atoms with E-state index in [2.05, 4.69) is 0 Å². The summed E-state index contributed by atoms with van der Waals surface area (Å²) in [6.07, 6.45) is 0.670. The molecule has 5 nitrogen and oxygen atoms in total. The largest absolute Gasteiger partial charge is 0.497 e. The molecule has 1 atom stereocenters. The van der Waals surface area contributed by atoms with Gasteiger partial charge in [-0.15, -0.1) is 0 Å². The van der Waals surface area contributed by atoms with Gasteiger partial charge in [-0.2, -0.15) is 0 Å². The van der Waals surface area contributed by atoms with Crippen LogP contribution in [0.25, 0.3) is 0 Å². The van der Waals surface area contributed by atoms with E-state index in [0.29, 0.717) is 25.0 Å². The number of benzene rings is 1. The highest BCUT2D eigenvalue weighted by Crippen LogP contribution is 2.37. The first-order chi connectivity index (χ1) is 11.5. The number of halogens is 1. The van der Waals surface area contributed by atoms with Crippen molar-refractivity contribution in [2.24, 2.45) is 11.1 Å². The van der Waals surface area contributed by atoms with E-state index < -0.39 is 23.7 Å². The number of nitrogens with zero attached hydrogens (tertiary/aromatic N) is 1. The molecule has 2 saturated heterocycles. The average Bonchev–Trinajstić information content (AvgIpc) is 2.98. The third-order valence-corrected chi connectivity index (χ3v) is 5.92. The minimum absolute atomic E-state index is 0.315. The lowest BCUT2D eigenvalue weighted by molar-refractivity contribution is -0.125. The van der Waals surface area contributed by atoms with E-state index in [4.69, 9.17) is 15.0 Å². The molecule has 2 aliphatic rings. The molecule has 0 bridgehead atoms. The van der Waals surface area contributed by atoms with E-state index in [-0.39, 0.29) is 11.7 Å². The smallest absolute Gasteiger partial charge is 0.399 e. The summed E-state index contributed by atoms with van der Waals surface area (Å²) >= 11 is 0. The molecule has 0 aromatic heterocycles. The second-order valence-corrected chi connectivity index (χ2v) is 8.39. The molecule has 1 aromatic rings. The van der Waals surface area contributed by atoms with E-state index in [1.807, 2.05) is 45.6 Å². The maximum atomic E-state index is 14.7. The van der Waals surface area contributed by atoms with Crippen LogP contribution in [0.3, 0.4) is 0 Å². The monoisotopic (exact) mass is 348 g/mol. The van der Waals surface area contributed by atoms with Gasteiger partial charge in [-0.05, 0) is 53.2 Å². The average molecular weight is 348 g/mol. The summed E-state index contributed by atoms with van der Waals surface area (Å²) < 4.78 is 26.6. The molecular weight excluding hydrogens is 322 g/mol. The zero-order valence-electron chi connectivity index (χ0n) is 15.6. The van der Waals surface area contributed by atoms with Gasteiger partial charge in [-0.25, -0.2) is 4.39 Å². The molecule has 1 amide bonds. The number of carbonyl (C=O) groups is 1. The molecule has 136 valence electrons. The Morgan fingerprint density at radius 2 is 1.80 bits per heavy atom. The zero-order valence-corrected chi connectivity index (χ0v) is 15.6. The van der Waals surface area contributed by atoms with Gasteiger partial charge in [0.05, 0.1) is 16.6 Å². The van der Waals surface area contributed by atoms with E-state index in [1.54, 1.807) is 6.07 Å². The molecule has 7 heteroatoms. The zero-order chi connectivity index (χ0) is 18.6. The fourth-order valence-electron chi connectivity index (χ4n) is 3.26. The van der Waals surface area contributed by atoms with Crippen molar-refractivity contribution in [1.82, 2.24) is 0 Å². The van der Waals surface area contributed by atoms with E-state index in [1.165, 1.54) is 6.07 Å². The molecule has 0 saturated carbocycles. The van der Waals surface area contributed by atoms with Crippen LogP contribution in [0.1, 0.15) is 41.0 Å². The third kappa shape index (κ3) is 3.04. The molecule has 2 N–H and O–H groups in total. The van der Waals surface area contributed by atoms with Crippen LogP contribution in [0.2, 0.25) is 0 Å². The SMILES string of the molecule is CC1(C)OB(c2ccc(N3CC[C@@](C)(C(N)=O)C3)cc2F)OC1(C)C. The summed E-state index contributed by atoms with van der Waals surface area (Å²) in [7, 11) is -0.728. The molecule has 0 spiro atoms. The van der Waals surface area contributed by atoms with E-state index in [0.717, 1.165) is 5.69 Å². The second kappa shape index (κ2) is 5.71. The van der Waals surface area contributed by atoms with Gasteiger partial charge in [-0.1, -0.05) is 6.07 Å². The number of primary amides is 1. The van der Waals surface area contributed by atoms with Crippen molar-refractivity contribution in [1.29, 1.82) is 0 Å². The Bertz CT molecular complexity index is 694. The third-order valence-electron chi connectivity index (χ3n) is 5.92. The van der Waals surface area contributed by atoms with Gasteiger partial charge in [0.1, 0.15) is 5.82 Å². The number of rotatable bonds is 3. The maximum Gasteiger partial charge on any atom is 0.497 e. The first-order valence-corrected chi connectivity index (χ1v) is 8.65. The molecule has 0 aliphatic carbocycles. The van der Waals surface area contributed by atoms with Gasteiger partial charge in [0.25, 0.3) is 0 Å². The first kappa shape index (κ1) is 18.2. The quantitative estimate of drug-likeness (QED) is 0.847. The lowest BCUT2D eigenvalue weighted by Gasteiger charge is -2.32. The van der Waals surface area contributed by atoms with Crippen molar-refractivity contribution in [3.05, 3.63) is 24.0 Å². The normalized spacial score (nSPS) is 27.8. The Balaban J connectivity index is 1.80.